The molecule has 0 amide bonds. The molecular weight excluding hydrogens is 508 g/mol. The van der Waals surface area contributed by atoms with E-state index in [1.165, 1.54) is 18.9 Å². The monoisotopic (exact) mass is 564 g/mol. The maximum Gasteiger partial charge on any atom is 0.163 e. The van der Waals surface area contributed by atoms with Crippen LogP contribution < -0.4 is 0 Å². The number of benzene rings is 2. The van der Waals surface area contributed by atoms with Crippen LogP contribution in [0.1, 0.15) is 127 Å². The van der Waals surface area contributed by atoms with E-state index in [4.69, 9.17) is 0 Å². The molecule has 0 heterocycles. The number of aryl methyl sites for hydroxylation is 2. The Hall–Kier alpha value is -2.88. The van der Waals surface area contributed by atoms with E-state index < -0.39 is 0 Å². The van der Waals surface area contributed by atoms with Crippen molar-refractivity contribution in [3.63, 3.8) is 0 Å². The van der Waals surface area contributed by atoms with Crippen LogP contribution >= 0.6 is 0 Å². The van der Waals surface area contributed by atoms with Gasteiger partial charge >= 0.3 is 0 Å². The molecule has 1 aliphatic carbocycles. The molecule has 0 aliphatic heterocycles. The quantitative estimate of drug-likeness (QED) is 0.269. The van der Waals surface area contributed by atoms with Gasteiger partial charge in [-0.1, -0.05) is 108 Å². The third-order valence-electron chi connectivity index (χ3n) is 7.20. The van der Waals surface area contributed by atoms with Gasteiger partial charge in [0.1, 0.15) is 17.3 Å². The maximum absolute atomic E-state index is 12.7. The molecule has 3 unspecified atom stereocenters. The van der Waals surface area contributed by atoms with Crippen molar-refractivity contribution in [2.75, 3.05) is 0 Å². The Kier molecular flexibility index (Phi) is 20.3. The summed E-state index contributed by atoms with van der Waals surface area (Å²) in [7, 11) is 0. The van der Waals surface area contributed by atoms with Crippen LogP contribution in [-0.2, 0) is 20.8 Å². The zero-order valence-electron chi connectivity index (χ0n) is 27.3. The number of rotatable bonds is 10. The molecule has 2 aromatic rings. The molecule has 2 aromatic carbocycles. The molecule has 0 bridgehead atoms. The summed E-state index contributed by atoms with van der Waals surface area (Å²) in [6.07, 6.45) is 7.13. The molecule has 0 aromatic heterocycles. The van der Waals surface area contributed by atoms with Crippen LogP contribution in [0.4, 0.5) is 0 Å². The van der Waals surface area contributed by atoms with E-state index in [-0.39, 0.29) is 41.4 Å². The number of fused-ring (bicyclic) bond motifs is 1. The topological polar surface area (TPSA) is 68.3 Å². The number of hydrogen-bond acceptors (Lipinski definition) is 4. The fourth-order valence-corrected chi connectivity index (χ4v) is 5.23. The highest BCUT2D eigenvalue weighted by Gasteiger charge is 2.32. The van der Waals surface area contributed by atoms with Crippen molar-refractivity contribution < 1.29 is 19.2 Å². The molecule has 0 saturated carbocycles. The minimum Gasteiger partial charge on any atom is -0.300 e. The molecule has 41 heavy (non-hydrogen) atoms. The van der Waals surface area contributed by atoms with Crippen LogP contribution in [0.3, 0.4) is 0 Å². The van der Waals surface area contributed by atoms with E-state index in [1.54, 1.807) is 6.92 Å². The fraction of sp³-hybridized carbons (Fsp3) is 0.568. The molecule has 0 N–H and O–H groups in total. The second-order valence-electron chi connectivity index (χ2n) is 11.4. The van der Waals surface area contributed by atoms with Crippen molar-refractivity contribution in [3.05, 3.63) is 70.8 Å². The molecular formula is C37H56O4. The van der Waals surface area contributed by atoms with Gasteiger partial charge in [0.05, 0.1) is 6.42 Å². The molecule has 0 fully saturated rings. The fourth-order valence-electron chi connectivity index (χ4n) is 5.23. The van der Waals surface area contributed by atoms with E-state index in [0.29, 0.717) is 18.8 Å². The summed E-state index contributed by atoms with van der Waals surface area (Å²) in [5.41, 5.74) is 4.46. The van der Waals surface area contributed by atoms with E-state index in [0.717, 1.165) is 48.8 Å². The molecule has 0 spiro atoms. The molecule has 228 valence electrons. The summed E-state index contributed by atoms with van der Waals surface area (Å²) in [5, 5.41) is 0. The Morgan fingerprint density at radius 1 is 0.829 bits per heavy atom. The van der Waals surface area contributed by atoms with Crippen molar-refractivity contribution in [2.24, 2.45) is 17.8 Å². The van der Waals surface area contributed by atoms with Gasteiger partial charge in [0, 0.05) is 24.3 Å². The number of carbonyl (C=O) groups excluding carboxylic acids is 4. The summed E-state index contributed by atoms with van der Waals surface area (Å²) in [6.45, 7) is 17.4. The lowest BCUT2D eigenvalue weighted by Crippen LogP contribution is -2.29. The molecule has 3 rings (SSSR count). The number of carbonyl (C=O) groups is 4. The summed E-state index contributed by atoms with van der Waals surface area (Å²) >= 11 is 0. The zero-order chi connectivity index (χ0) is 31.4. The highest BCUT2D eigenvalue weighted by molar-refractivity contribution is 6.00. The van der Waals surface area contributed by atoms with Crippen LogP contribution in [0, 0.1) is 31.6 Å². The molecule has 3 atom stereocenters. The smallest absolute Gasteiger partial charge is 0.163 e. The highest BCUT2D eigenvalue weighted by Crippen LogP contribution is 2.36. The summed E-state index contributed by atoms with van der Waals surface area (Å²) < 4.78 is 0. The van der Waals surface area contributed by atoms with Gasteiger partial charge in [-0.05, 0) is 69.9 Å². The first-order valence-electron chi connectivity index (χ1n) is 15.6. The lowest BCUT2D eigenvalue weighted by molar-refractivity contribution is -0.130. The molecule has 0 saturated heterocycles. The van der Waals surface area contributed by atoms with Gasteiger partial charge in [-0.2, -0.15) is 0 Å². The van der Waals surface area contributed by atoms with Crippen LogP contribution in [0.2, 0.25) is 0 Å². The Morgan fingerprint density at radius 2 is 1.41 bits per heavy atom. The van der Waals surface area contributed by atoms with Crippen molar-refractivity contribution in [2.45, 2.75) is 120 Å². The van der Waals surface area contributed by atoms with Gasteiger partial charge in [0.15, 0.2) is 5.78 Å². The van der Waals surface area contributed by atoms with Gasteiger partial charge in [-0.3, -0.25) is 14.4 Å². The van der Waals surface area contributed by atoms with Crippen molar-refractivity contribution in [3.8, 4) is 0 Å². The largest absolute Gasteiger partial charge is 0.300 e. The van der Waals surface area contributed by atoms with Gasteiger partial charge in [-0.25, -0.2) is 0 Å². The van der Waals surface area contributed by atoms with Gasteiger partial charge in [-0.15, -0.1) is 0 Å². The summed E-state index contributed by atoms with van der Waals surface area (Å²) in [5.74, 6) is 1.02. The summed E-state index contributed by atoms with van der Waals surface area (Å²) in [6, 6.07) is 16.4. The number of Topliss-reactive ketones (excluding diaryl/α,β-unsaturated/α-hetero) is 4. The predicted octanol–water partition coefficient (Wildman–Crippen LogP) is 9.52. The Bertz CT molecular complexity index is 1050. The van der Waals surface area contributed by atoms with Crippen molar-refractivity contribution in [1.82, 2.24) is 0 Å². The molecule has 4 nitrogen and oxygen atoms in total. The normalized spacial score (nSPS) is 14.9. The SMILES string of the molecule is CCC.CCC(C)=O.CCCC(CC1CC(=O)c2c(C)cccc2C1)C(CC)C(=O)CC(C)=O.Cc1ccccc1. The van der Waals surface area contributed by atoms with Gasteiger partial charge < -0.3 is 4.79 Å². The highest BCUT2D eigenvalue weighted by atomic mass is 16.1. The van der Waals surface area contributed by atoms with Gasteiger partial charge in [0.2, 0.25) is 0 Å². The second kappa shape index (κ2) is 21.8. The Morgan fingerprint density at radius 3 is 1.85 bits per heavy atom. The Labute approximate surface area is 250 Å². The number of hydrogen-bond donors (Lipinski definition) is 0. The maximum atomic E-state index is 12.7. The van der Waals surface area contributed by atoms with Crippen LogP contribution in [0.25, 0.3) is 0 Å². The Balaban J connectivity index is 0.000000868. The van der Waals surface area contributed by atoms with Crippen molar-refractivity contribution >= 4 is 23.1 Å². The lowest BCUT2D eigenvalue weighted by atomic mass is 9.72. The predicted molar refractivity (Wildman–Crippen MR) is 173 cm³/mol. The zero-order valence-corrected chi connectivity index (χ0v) is 27.3. The second-order valence-corrected chi connectivity index (χ2v) is 11.4. The molecule has 1 aliphatic rings. The first-order valence-corrected chi connectivity index (χ1v) is 15.6. The minimum absolute atomic E-state index is 0.0460. The van der Waals surface area contributed by atoms with Crippen LogP contribution in [0.5, 0.6) is 0 Å². The van der Waals surface area contributed by atoms with Crippen molar-refractivity contribution in [1.29, 1.82) is 0 Å². The first kappa shape index (κ1) is 38.1. The van der Waals surface area contributed by atoms with Crippen LogP contribution in [0.15, 0.2) is 48.5 Å². The lowest BCUT2D eigenvalue weighted by Gasteiger charge is -2.31. The number of ketones is 4. The third-order valence-corrected chi connectivity index (χ3v) is 7.20. The van der Waals surface area contributed by atoms with E-state index in [2.05, 4.69) is 45.9 Å². The van der Waals surface area contributed by atoms with Gasteiger partial charge in [0.25, 0.3) is 0 Å². The first-order chi connectivity index (χ1) is 19.4. The van der Waals surface area contributed by atoms with Crippen LogP contribution in [-0.4, -0.2) is 23.1 Å². The summed E-state index contributed by atoms with van der Waals surface area (Å²) in [4.78, 5) is 46.4. The van der Waals surface area contributed by atoms with E-state index >= 15 is 0 Å². The molecule has 0 radical (unpaired) electrons. The van der Waals surface area contributed by atoms with E-state index in [1.807, 2.05) is 51.1 Å². The standard InChI is InChI=1S/C23H32O3.C7H8.C4H8O.C3H8/c1-5-8-18(20(6-2)21(25)11-16(4)24)12-17-13-19-10-7-9-15(3)23(19)22(26)14-17;1-7-5-3-2-4-6-7;1-3-4(2)5;1-3-2/h7,9-10,17-18,20H,5-6,8,11-14H2,1-4H3;2-6H,1H3;3H2,1-2H3;3H2,1-2H3. The third kappa shape index (κ3) is 15.6. The average molecular weight is 565 g/mol. The average Bonchev–Trinajstić information content (AvgIpc) is 2.90. The molecule has 4 heteroatoms. The van der Waals surface area contributed by atoms with E-state index in [9.17, 15) is 19.2 Å². The minimum atomic E-state index is -0.0622.